The molecule has 0 saturated heterocycles. The van der Waals surface area contributed by atoms with Crippen LogP contribution in [0.2, 0.25) is 0 Å². The van der Waals surface area contributed by atoms with Gasteiger partial charge in [0.2, 0.25) is 0 Å². The number of fused-ring (bicyclic) bond motifs is 1. The molecule has 1 heteroatoms. The van der Waals surface area contributed by atoms with Crippen LogP contribution in [0.25, 0.3) is 0 Å². The van der Waals surface area contributed by atoms with Crippen LogP contribution in [0.3, 0.4) is 0 Å². The van der Waals surface area contributed by atoms with Crippen LogP contribution >= 0.6 is 0 Å². The number of hydrogen-bond donors (Lipinski definition) is 1. The molecule has 1 unspecified atom stereocenters. The Balaban J connectivity index is 1.71. The van der Waals surface area contributed by atoms with Gasteiger partial charge in [0.1, 0.15) is 0 Å². The van der Waals surface area contributed by atoms with E-state index in [1.807, 2.05) is 0 Å². The quantitative estimate of drug-likeness (QED) is 0.852. The molecule has 1 aliphatic rings. The van der Waals surface area contributed by atoms with E-state index >= 15 is 0 Å². The molecule has 1 aliphatic carbocycles. The molecule has 104 valence electrons. The summed E-state index contributed by atoms with van der Waals surface area (Å²) in [7, 11) is 0. The van der Waals surface area contributed by atoms with Crippen molar-refractivity contribution < 1.29 is 0 Å². The number of aryl methyl sites for hydroxylation is 2. The number of nitrogens with one attached hydrogen (secondary N) is 1. The molecule has 2 aromatic rings. The van der Waals surface area contributed by atoms with E-state index in [0.717, 1.165) is 0 Å². The summed E-state index contributed by atoms with van der Waals surface area (Å²) < 4.78 is 0. The van der Waals surface area contributed by atoms with Crippen LogP contribution in [0.4, 0.5) is 0 Å². The predicted molar refractivity (Wildman–Crippen MR) is 84.9 cm³/mol. The molecule has 0 bridgehead atoms. The lowest BCUT2D eigenvalue weighted by atomic mass is 10.0. The molecule has 2 atom stereocenters. The lowest BCUT2D eigenvalue weighted by Gasteiger charge is -2.21. The maximum Gasteiger partial charge on any atom is 0.0297 e. The largest absolute Gasteiger partial charge is 0.304 e. The molecule has 3 rings (SSSR count). The van der Waals surface area contributed by atoms with Crippen LogP contribution in [-0.2, 0) is 12.8 Å². The zero-order valence-electron chi connectivity index (χ0n) is 12.4. The summed E-state index contributed by atoms with van der Waals surface area (Å²) >= 11 is 0. The Morgan fingerprint density at radius 3 is 2.30 bits per heavy atom. The van der Waals surface area contributed by atoms with Crippen molar-refractivity contribution >= 4 is 0 Å². The summed E-state index contributed by atoms with van der Waals surface area (Å²) in [5, 5.41) is 3.70. The third-order valence-corrected chi connectivity index (χ3v) is 4.42. The molecule has 0 heterocycles. The highest BCUT2D eigenvalue weighted by molar-refractivity contribution is 5.36. The summed E-state index contributed by atoms with van der Waals surface area (Å²) in [5.41, 5.74) is 5.87. The Kier molecular flexibility index (Phi) is 3.88. The average Bonchev–Trinajstić information content (AvgIpc) is 2.95. The number of rotatable bonds is 4. The van der Waals surface area contributed by atoms with E-state index in [4.69, 9.17) is 0 Å². The number of benzene rings is 2. The fourth-order valence-electron chi connectivity index (χ4n) is 3.17. The molecule has 20 heavy (non-hydrogen) atoms. The van der Waals surface area contributed by atoms with Gasteiger partial charge in [-0.15, -0.1) is 0 Å². The van der Waals surface area contributed by atoms with Crippen LogP contribution in [-0.4, -0.2) is 0 Å². The first-order valence-electron chi connectivity index (χ1n) is 7.67. The fraction of sp³-hybridized carbons (Fsp3) is 0.368. The number of hydrogen-bond acceptors (Lipinski definition) is 1. The lowest BCUT2D eigenvalue weighted by Crippen LogP contribution is -2.22. The van der Waals surface area contributed by atoms with Crippen molar-refractivity contribution in [2.45, 2.75) is 45.2 Å². The smallest absolute Gasteiger partial charge is 0.0297 e. The Hall–Kier alpha value is -1.60. The van der Waals surface area contributed by atoms with Gasteiger partial charge in [-0.25, -0.2) is 0 Å². The highest BCUT2D eigenvalue weighted by atomic mass is 14.9. The third kappa shape index (κ3) is 2.78. The first-order valence-corrected chi connectivity index (χ1v) is 7.67. The topological polar surface area (TPSA) is 12.0 Å². The first-order chi connectivity index (χ1) is 9.74. The Bertz CT molecular complexity index is 574. The van der Waals surface area contributed by atoms with Gasteiger partial charge >= 0.3 is 0 Å². The van der Waals surface area contributed by atoms with Crippen molar-refractivity contribution in [3.05, 3.63) is 70.8 Å². The van der Waals surface area contributed by atoms with Gasteiger partial charge in [-0.3, -0.25) is 0 Å². The van der Waals surface area contributed by atoms with E-state index in [1.54, 1.807) is 11.1 Å². The van der Waals surface area contributed by atoms with Crippen LogP contribution in [0.5, 0.6) is 0 Å². The van der Waals surface area contributed by atoms with Gasteiger partial charge < -0.3 is 5.32 Å². The minimum absolute atomic E-state index is 0.374. The second-order valence-corrected chi connectivity index (χ2v) is 5.90. The summed E-state index contributed by atoms with van der Waals surface area (Å²) in [6.07, 6.45) is 3.84. The minimum atomic E-state index is 0.374. The summed E-state index contributed by atoms with van der Waals surface area (Å²) in [6, 6.07) is 18.4. The zero-order chi connectivity index (χ0) is 13.9. The molecule has 0 aromatic heterocycles. The van der Waals surface area contributed by atoms with Gasteiger partial charge in [0, 0.05) is 12.1 Å². The molecule has 2 aromatic carbocycles. The molecule has 1 N–H and O–H groups in total. The lowest BCUT2D eigenvalue weighted by molar-refractivity contribution is 0.494. The highest BCUT2D eigenvalue weighted by Gasteiger charge is 2.15. The fourth-order valence-corrected chi connectivity index (χ4v) is 3.17. The molecular formula is C19H23N. The molecule has 0 spiro atoms. The van der Waals surface area contributed by atoms with E-state index in [2.05, 4.69) is 67.7 Å². The normalized spacial score (nSPS) is 16.7. The second kappa shape index (κ2) is 5.80. The summed E-state index contributed by atoms with van der Waals surface area (Å²) in [5.74, 6) is 0. The van der Waals surface area contributed by atoms with Crippen molar-refractivity contribution in [3.8, 4) is 0 Å². The van der Waals surface area contributed by atoms with Crippen molar-refractivity contribution in [3.63, 3.8) is 0 Å². The Morgan fingerprint density at radius 2 is 1.50 bits per heavy atom. The van der Waals surface area contributed by atoms with Gasteiger partial charge in [-0.05, 0) is 55.4 Å². The van der Waals surface area contributed by atoms with Gasteiger partial charge in [-0.1, -0.05) is 48.5 Å². The molecule has 0 saturated carbocycles. The molecule has 0 amide bonds. The predicted octanol–water partition coefficient (Wildman–Crippen LogP) is 4.59. The summed E-state index contributed by atoms with van der Waals surface area (Å²) in [6.45, 7) is 4.50. The molecule has 0 fully saturated rings. The maximum absolute atomic E-state index is 3.70. The zero-order valence-corrected chi connectivity index (χ0v) is 12.4. The van der Waals surface area contributed by atoms with Crippen molar-refractivity contribution in [2.24, 2.45) is 0 Å². The van der Waals surface area contributed by atoms with Crippen molar-refractivity contribution in [1.82, 2.24) is 5.32 Å². The van der Waals surface area contributed by atoms with Gasteiger partial charge in [-0.2, -0.15) is 0 Å². The molecule has 0 radical (unpaired) electrons. The van der Waals surface area contributed by atoms with E-state index in [9.17, 15) is 0 Å². The second-order valence-electron chi connectivity index (χ2n) is 5.90. The van der Waals surface area contributed by atoms with E-state index in [1.165, 1.54) is 30.4 Å². The SMILES string of the molecule is CC(N[C@@H](C)c1ccccc1)c1ccc2c(c1)CCC2. The standard InChI is InChI=1S/C19H23N/c1-14(16-7-4-3-5-8-16)20-15(2)18-12-11-17-9-6-10-19(17)13-18/h3-5,7-8,11-15,20H,6,9-10H2,1-2H3/t14-,15?/m0/s1. The Morgan fingerprint density at radius 1 is 0.800 bits per heavy atom. The van der Waals surface area contributed by atoms with Crippen molar-refractivity contribution in [1.29, 1.82) is 0 Å². The van der Waals surface area contributed by atoms with E-state index < -0.39 is 0 Å². The highest BCUT2D eigenvalue weighted by Crippen LogP contribution is 2.26. The average molecular weight is 265 g/mol. The van der Waals surface area contributed by atoms with Gasteiger partial charge in [0.05, 0.1) is 0 Å². The molecule has 0 aliphatic heterocycles. The Labute approximate surface area is 122 Å². The summed E-state index contributed by atoms with van der Waals surface area (Å²) in [4.78, 5) is 0. The van der Waals surface area contributed by atoms with Crippen LogP contribution in [0.1, 0.15) is 54.6 Å². The first kappa shape index (κ1) is 13.4. The van der Waals surface area contributed by atoms with Gasteiger partial charge in [0.25, 0.3) is 0 Å². The molecular weight excluding hydrogens is 242 g/mol. The van der Waals surface area contributed by atoms with Gasteiger partial charge in [0.15, 0.2) is 0 Å². The van der Waals surface area contributed by atoms with Crippen LogP contribution in [0.15, 0.2) is 48.5 Å². The monoisotopic (exact) mass is 265 g/mol. The minimum Gasteiger partial charge on any atom is -0.304 e. The maximum atomic E-state index is 3.70. The van der Waals surface area contributed by atoms with E-state index in [0.29, 0.717) is 12.1 Å². The van der Waals surface area contributed by atoms with Crippen molar-refractivity contribution in [2.75, 3.05) is 0 Å². The van der Waals surface area contributed by atoms with E-state index in [-0.39, 0.29) is 0 Å². The third-order valence-electron chi connectivity index (χ3n) is 4.42. The van der Waals surface area contributed by atoms with Crippen LogP contribution in [0, 0.1) is 0 Å². The molecule has 1 nitrogen and oxygen atoms in total. The van der Waals surface area contributed by atoms with Crippen LogP contribution < -0.4 is 5.32 Å².